The van der Waals surface area contributed by atoms with Gasteiger partial charge >= 0.3 is 0 Å². The molecule has 1 heterocycles. The highest BCUT2D eigenvalue weighted by molar-refractivity contribution is 7.03. The number of rotatable bonds is 5. The zero-order valence-electron chi connectivity index (χ0n) is 10.2. The predicted octanol–water partition coefficient (Wildman–Crippen LogP) is 2.80. The molecular formula is C13H17N3S. The van der Waals surface area contributed by atoms with Crippen LogP contribution in [0.3, 0.4) is 0 Å². The van der Waals surface area contributed by atoms with Gasteiger partial charge in [-0.1, -0.05) is 42.1 Å². The molecule has 1 aromatic heterocycles. The van der Waals surface area contributed by atoms with Crippen molar-refractivity contribution in [3.05, 3.63) is 46.5 Å². The molecule has 90 valence electrons. The molecule has 0 saturated carbocycles. The SMILES string of the molecule is CCCc1cccc(C(NC)c2csnn2)c1. The van der Waals surface area contributed by atoms with Crippen LogP contribution in [0.1, 0.15) is 36.2 Å². The van der Waals surface area contributed by atoms with Gasteiger partial charge in [-0.25, -0.2) is 0 Å². The van der Waals surface area contributed by atoms with Gasteiger partial charge in [0.25, 0.3) is 0 Å². The van der Waals surface area contributed by atoms with Gasteiger partial charge in [0.15, 0.2) is 0 Å². The van der Waals surface area contributed by atoms with Gasteiger partial charge in [0.05, 0.1) is 11.7 Å². The molecule has 1 aromatic carbocycles. The molecule has 2 aromatic rings. The molecule has 0 saturated heterocycles. The van der Waals surface area contributed by atoms with Crippen LogP contribution < -0.4 is 5.32 Å². The first-order valence-electron chi connectivity index (χ1n) is 5.88. The van der Waals surface area contributed by atoms with Crippen LogP contribution in [0.5, 0.6) is 0 Å². The minimum absolute atomic E-state index is 0.144. The molecule has 1 N–H and O–H groups in total. The number of benzene rings is 1. The lowest BCUT2D eigenvalue weighted by molar-refractivity contribution is 0.666. The Morgan fingerprint density at radius 1 is 1.41 bits per heavy atom. The summed E-state index contributed by atoms with van der Waals surface area (Å²) in [4.78, 5) is 0. The fourth-order valence-electron chi connectivity index (χ4n) is 2.00. The van der Waals surface area contributed by atoms with Crippen LogP contribution in [0.2, 0.25) is 0 Å². The number of nitrogens with one attached hydrogen (secondary N) is 1. The number of hydrogen-bond acceptors (Lipinski definition) is 4. The van der Waals surface area contributed by atoms with E-state index in [9.17, 15) is 0 Å². The van der Waals surface area contributed by atoms with Crippen molar-refractivity contribution >= 4 is 11.5 Å². The fourth-order valence-corrected chi connectivity index (χ4v) is 2.48. The van der Waals surface area contributed by atoms with Crippen molar-refractivity contribution in [2.24, 2.45) is 0 Å². The Balaban J connectivity index is 2.28. The van der Waals surface area contributed by atoms with E-state index in [0.717, 1.165) is 12.1 Å². The highest BCUT2D eigenvalue weighted by Crippen LogP contribution is 2.21. The van der Waals surface area contributed by atoms with Gasteiger partial charge < -0.3 is 5.32 Å². The molecule has 0 bridgehead atoms. The minimum Gasteiger partial charge on any atom is -0.308 e. The Hall–Kier alpha value is -1.26. The van der Waals surface area contributed by atoms with Gasteiger partial charge in [0, 0.05) is 5.38 Å². The second-order valence-corrected chi connectivity index (χ2v) is 4.66. The Morgan fingerprint density at radius 2 is 2.29 bits per heavy atom. The maximum absolute atomic E-state index is 4.15. The van der Waals surface area contributed by atoms with Gasteiger partial charge in [-0.3, -0.25) is 0 Å². The number of aryl methyl sites for hydroxylation is 1. The molecule has 2 rings (SSSR count). The molecule has 17 heavy (non-hydrogen) atoms. The van der Waals surface area contributed by atoms with E-state index in [-0.39, 0.29) is 6.04 Å². The Bertz CT molecular complexity index is 453. The van der Waals surface area contributed by atoms with Crippen molar-refractivity contribution in [2.45, 2.75) is 25.8 Å². The zero-order chi connectivity index (χ0) is 12.1. The van der Waals surface area contributed by atoms with E-state index in [1.54, 1.807) is 0 Å². The second kappa shape index (κ2) is 5.89. The third-order valence-electron chi connectivity index (χ3n) is 2.78. The van der Waals surface area contributed by atoms with Crippen LogP contribution in [0.15, 0.2) is 29.6 Å². The van der Waals surface area contributed by atoms with Gasteiger partial charge in [0.1, 0.15) is 0 Å². The normalized spacial score (nSPS) is 12.6. The molecule has 0 fully saturated rings. The Kier molecular flexibility index (Phi) is 4.23. The lowest BCUT2D eigenvalue weighted by Gasteiger charge is -2.14. The molecule has 0 aliphatic heterocycles. The molecule has 0 aliphatic rings. The maximum atomic E-state index is 4.15. The summed E-state index contributed by atoms with van der Waals surface area (Å²) in [6.45, 7) is 2.20. The first-order valence-corrected chi connectivity index (χ1v) is 6.72. The van der Waals surface area contributed by atoms with Gasteiger partial charge in [-0.2, -0.15) is 0 Å². The van der Waals surface area contributed by atoms with Crippen molar-refractivity contribution < 1.29 is 0 Å². The van der Waals surface area contributed by atoms with Crippen molar-refractivity contribution in [3.63, 3.8) is 0 Å². The lowest BCUT2D eigenvalue weighted by atomic mass is 10.0. The summed E-state index contributed by atoms with van der Waals surface area (Å²) >= 11 is 1.39. The number of hydrogen-bond donors (Lipinski definition) is 1. The first kappa shape index (κ1) is 12.2. The highest BCUT2D eigenvalue weighted by Gasteiger charge is 2.14. The maximum Gasteiger partial charge on any atom is 0.0970 e. The zero-order valence-corrected chi connectivity index (χ0v) is 11.0. The van der Waals surface area contributed by atoms with Crippen molar-refractivity contribution in [2.75, 3.05) is 7.05 Å². The topological polar surface area (TPSA) is 37.8 Å². The van der Waals surface area contributed by atoms with Crippen molar-refractivity contribution in [1.82, 2.24) is 14.9 Å². The standard InChI is InChI=1S/C13H17N3S/c1-3-5-10-6-4-7-11(8-10)13(14-2)12-9-17-16-15-12/h4,6-9,13-14H,3,5H2,1-2H3. The van der Waals surface area contributed by atoms with Crippen molar-refractivity contribution in [1.29, 1.82) is 0 Å². The summed E-state index contributed by atoms with van der Waals surface area (Å²) in [7, 11) is 1.95. The third kappa shape index (κ3) is 2.90. The molecular weight excluding hydrogens is 230 g/mol. The average molecular weight is 247 g/mol. The van der Waals surface area contributed by atoms with E-state index in [2.05, 4.69) is 46.1 Å². The highest BCUT2D eigenvalue weighted by atomic mass is 32.1. The monoisotopic (exact) mass is 247 g/mol. The molecule has 1 unspecified atom stereocenters. The molecule has 0 aliphatic carbocycles. The van der Waals surface area contributed by atoms with Gasteiger partial charge in [-0.15, -0.1) is 5.10 Å². The van der Waals surface area contributed by atoms with Crippen LogP contribution in [0.4, 0.5) is 0 Å². The van der Waals surface area contributed by atoms with E-state index < -0.39 is 0 Å². The van der Waals surface area contributed by atoms with Crippen LogP contribution in [-0.2, 0) is 6.42 Å². The first-order chi connectivity index (χ1) is 8.35. The van der Waals surface area contributed by atoms with Gasteiger partial charge in [-0.05, 0) is 36.1 Å². The summed E-state index contributed by atoms with van der Waals surface area (Å²) in [6, 6.07) is 8.83. The molecule has 4 heteroatoms. The quantitative estimate of drug-likeness (QED) is 0.883. The Labute approximate surface area is 106 Å². The third-order valence-corrected chi connectivity index (χ3v) is 3.31. The number of aromatic nitrogens is 2. The molecule has 1 atom stereocenters. The van der Waals surface area contributed by atoms with E-state index >= 15 is 0 Å². The van der Waals surface area contributed by atoms with E-state index in [4.69, 9.17) is 0 Å². The summed E-state index contributed by atoms with van der Waals surface area (Å²) in [6.07, 6.45) is 2.30. The molecule has 0 radical (unpaired) electrons. The molecule has 0 amide bonds. The average Bonchev–Trinajstić information content (AvgIpc) is 2.85. The van der Waals surface area contributed by atoms with E-state index in [1.807, 2.05) is 12.4 Å². The summed E-state index contributed by atoms with van der Waals surface area (Å²) in [5, 5.41) is 9.43. The largest absolute Gasteiger partial charge is 0.308 e. The van der Waals surface area contributed by atoms with E-state index in [1.165, 1.54) is 29.1 Å². The minimum atomic E-state index is 0.144. The smallest absolute Gasteiger partial charge is 0.0970 e. The van der Waals surface area contributed by atoms with Crippen LogP contribution >= 0.6 is 11.5 Å². The van der Waals surface area contributed by atoms with Crippen LogP contribution in [-0.4, -0.2) is 16.6 Å². The fraction of sp³-hybridized carbons (Fsp3) is 0.385. The van der Waals surface area contributed by atoms with Crippen LogP contribution in [0, 0.1) is 0 Å². The van der Waals surface area contributed by atoms with E-state index in [0.29, 0.717) is 0 Å². The summed E-state index contributed by atoms with van der Waals surface area (Å²) in [5.41, 5.74) is 3.63. The van der Waals surface area contributed by atoms with Gasteiger partial charge in [0.2, 0.25) is 0 Å². The molecule has 0 spiro atoms. The van der Waals surface area contributed by atoms with Crippen LogP contribution in [0.25, 0.3) is 0 Å². The summed E-state index contributed by atoms with van der Waals surface area (Å²) < 4.78 is 3.93. The predicted molar refractivity (Wildman–Crippen MR) is 71.2 cm³/mol. The molecule has 3 nitrogen and oxygen atoms in total. The lowest BCUT2D eigenvalue weighted by Crippen LogP contribution is -2.18. The number of nitrogens with zero attached hydrogens (tertiary/aromatic N) is 2. The Morgan fingerprint density at radius 3 is 2.94 bits per heavy atom. The van der Waals surface area contributed by atoms with Crippen molar-refractivity contribution in [3.8, 4) is 0 Å². The summed E-state index contributed by atoms with van der Waals surface area (Å²) in [5.74, 6) is 0. The second-order valence-electron chi connectivity index (χ2n) is 4.05.